The van der Waals surface area contributed by atoms with Crippen LogP contribution in [0.5, 0.6) is 11.5 Å². The van der Waals surface area contributed by atoms with Crippen LogP contribution in [-0.4, -0.2) is 30.2 Å². The summed E-state index contributed by atoms with van der Waals surface area (Å²) in [6.07, 6.45) is 1.37. The quantitative estimate of drug-likeness (QED) is 0.763. The van der Waals surface area contributed by atoms with Gasteiger partial charge in [-0.1, -0.05) is 12.1 Å². The number of benzene rings is 2. The summed E-state index contributed by atoms with van der Waals surface area (Å²) < 4.78 is 10.5. The average molecular weight is 324 g/mol. The average Bonchev–Trinajstić information content (AvgIpc) is 2.61. The molecule has 0 saturated carbocycles. The summed E-state index contributed by atoms with van der Waals surface area (Å²) in [6.45, 7) is 0. The lowest BCUT2D eigenvalue weighted by atomic mass is 10.1. The predicted octanol–water partition coefficient (Wildman–Crippen LogP) is 1.75. The third-order valence-electron chi connectivity index (χ3n) is 3.53. The Kier molecular flexibility index (Phi) is 4.15. The Morgan fingerprint density at radius 2 is 1.88 bits per heavy atom. The number of fused-ring (bicyclic) bond motifs is 1. The molecule has 24 heavy (non-hydrogen) atoms. The highest BCUT2D eigenvalue weighted by Crippen LogP contribution is 2.32. The van der Waals surface area contributed by atoms with Gasteiger partial charge in [-0.25, -0.2) is 9.97 Å². The lowest BCUT2D eigenvalue weighted by Gasteiger charge is -2.14. The van der Waals surface area contributed by atoms with Gasteiger partial charge in [0.2, 0.25) is 0 Å². The van der Waals surface area contributed by atoms with Crippen LogP contribution in [0.3, 0.4) is 0 Å². The van der Waals surface area contributed by atoms with Gasteiger partial charge in [0.05, 0.1) is 31.1 Å². The number of carbonyl (C=O) groups is 1. The molecule has 2 aromatic carbocycles. The molecule has 0 spiro atoms. The summed E-state index contributed by atoms with van der Waals surface area (Å²) in [6, 6.07) is 10.0. The zero-order chi connectivity index (χ0) is 17.1. The van der Waals surface area contributed by atoms with Crippen molar-refractivity contribution in [2.75, 3.05) is 19.5 Å². The smallest absolute Gasteiger partial charge is 0.162 e. The van der Waals surface area contributed by atoms with E-state index in [1.807, 2.05) is 0 Å². The largest absolute Gasteiger partial charge is 0.545 e. The van der Waals surface area contributed by atoms with E-state index in [4.69, 9.17) is 9.47 Å². The number of rotatable bonds is 5. The minimum Gasteiger partial charge on any atom is -0.545 e. The third kappa shape index (κ3) is 2.79. The topological polar surface area (TPSA) is 96.4 Å². The van der Waals surface area contributed by atoms with Gasteiger partial charge < -0.3 is 24.7 Å². The van der Waals surface area contributed by atoms with Crippen LogP contribution in [0, 0.1) is 0 Å². The molecule has 0 amide bonds. The molecule has 0 fully saturated rings. The van der Waals surface area contributed by atoms with Crippen molar-refractivity contribution < 1.29 is 19.4 Å². The van der Waals surface area contributed by atoms with Gasteiger partial charge in [-0.2, -0.15) is 0 Å². The number of anilines is 2. The van der Waals surface area contributed by atoms with Crippen molar-refractivity contribution in [1.82, 2.24) is 9.97 Å². The molecule has 0 bridgehead atoms. The summed E-state index contributed by atoms with van der Waals surface area (Å²) in [5, 5.41) is 14.8. The molecule has 122 valence electrons. The Morgan fingerprint density at radius 1 is 1.08 bits per heavy atom. The molecular formula is C17H14N3O4-. The molecule has 1 aromatic heterocycles. The van der Waals surface area contributed by atoms with E-state index in [1.165, 1.54) is 19.5 Å². The second kappa shape index (κ2) is 6.41. The van der Waals surface area contributed by atoms with Crippen LogP contribution < -0.4 is 19.9 Å². The summed E-state index contributed by atoms with van der Waals surface area (Å²) in [7, 11) is 3.09. The first-order valence-electron chi connectivity index (χ1n) is 7.08. The van der Waals surface area contributed by atoms with Crippen LogP contribution in [-0.2, 0) is 0 Å². The minimum atomic E-state index is -1.29. The molecule has 0 atom stereocenters. The summed E-state index contributed by atoms with van der Waals surface area (Å²) in [4.78, 5) is 19.6. The van der Waals surface area contributed by atoms with Gasteiger partial charge in [-0.05, 0) is 18.2 Å². The van der Waals surface area contributed by atoms with Gasteiger partial charge in [0.15, 0.2) is 11.5 Å². The van der Waals surface area contributed by atoms with Crippen LogP contribution in [0.2, 0.25) is 0 Å². The summed E-state index contributed by atoms with van der Waals surface area (Å²) >= 11 is 0. The third-order valence-corrected chi connectivity index (χ3v) is 3.53. The molecule has 3 rings (SSSR count). The van der Waals surface area contributed by atoms with E-state index in [9.17, 15) is 9.90 Å². The monoisotopic (exact) mass is 324 g/mol. The Balaban J connectivity index is 2.09. The zero-order valence-corrected chi connectivity index (χ0v) is 13.1. The highest BCUT2D eigenvalue weighted by Gasteiger charge is 2.11. The van der Waals surface area contributed by atoms with E-state index in [1.54, 1.807) is 37.4 Å². The van der Waals surface area contributed by atoms with Gasteiger partial charge in [0, 0.05) is 17.3 Å². The Hall–Kier alpha value is -3.35. The minimum absolute atomic E-state index is 0.0241. The van der Waals surface area contributed by atoms with E-state index in [0.717, 1.165) is 0 Å². The molecule has 7 heteroatoms. The fourth-order valence-electron chi connectivity index (χ4n) is 2.43. The van der Waals surface area contributed by atoms with Crippen LogP contribution in [0.25, 0.3) is 10.9 Å². The maximum absolute atomic E-state index is 11.4. The maximum atomic E-state index is 11.4. The number of hydrogen-bond acceptors (Lipinski definition) is 7. The van der Waals surface area contributed by atoms with Crippen LogP contribution in [0.4, 0.5) is 11.5 Å². The summed E-state index contributed by atoms with van der Waals surface area (Å²) in [5.41, 5.74) is 1.20. The first-order valence-corrected chi connectivity index (χ1v) is 7.08. The van der Waals surface area contributed by atoms with Crippen molar-refractivity contribution in [3.63, 3.8) is 0 Å². The standard InChI is InChI=1S/C17H15N3O4/c1-23-13-7-6-10(8-14(13)24-2)20-16-15-11(17(21)22)4-3-5-12(15)18-9-19-16/h3-9H,1-2H3,(H,21,22)(H,18,19,20)/p-1. The van der Waals surface area contributed by atoms with E-state index < -0.39 is 5.97 Å². The van der Waals surface area contributed by atoms with E-state index in [2.05, 4.69) is 15.3 Å². The van der Waals surface area contributed by atoms with Crippen LogP contribution >= 0.6 is 0 Å². The number of carboxylic acids is 1. The number of carboxylic acid groups (broad SMARTS) is 1. The summed E-state index contributed by atoms with van der Waals surface area (Å²) in [5.74, 6) is 0.213. The number of nitrogens with zero attached hydrogens (tertiary/aromatic N) is 2. The number of aromatic nitrogens is 2. The van der Waals surface area contributed by atoms with Crippen molar-refractivity contribution in [3.8, 4) is 11.5 Å². The molecule has 3 aromatic rings. The van der Waals surface area contributed by atoms with Crippen LogP contribution in [0.15, 0.2) is 42.7 Å². The van der Waals surface area contributed by atoms with Gasteiger partial charge >= 0.3 is 0 Å². The SMILES string of the molecule is COc1ccc(Nc2ncnc3cccc(C(=O)[O-])c23)cc1OC. The van der Waals surface area contributed by atoms with E-state index in [-0.39, 0.29) is 5.56 Å². The molecule has 0 radical (unpaired) electrons. The maximum Gasteiger partial charge on any atom is 0.162 e. The molecular weight excluding hydrogens is 310 g/mol. The van der Waals surface area contributed by atoms with Gasteiger partial charge in [-0.3, -0.25) is 0 Å². The number of methoxy groups -OCH3 is 2. The van der Waals surface area contributed by atoms with E-state index in [0.29, 0.717) is 33.9 Å². The molecule has 0 aliphatic carbocycles. The lowest BCUT2D eigenvalue weighted by molar-refractivity contribution is -0.254. The first kappa shape index (κ1) is 15.5. The molecule has 0 unspecified atom stereocenters. The van der Waals surface area contributed by atoms with E-state index >= 15 is 0 Å². The second-order valence-corrected chi connectivity index (χ2v) is 4.90. The number of aromatic carboxylic acids is 1. The Bertz CT molecular complexity index is 906. The molecule has 0 saturated heterocycles. The van der Waals surface area contributed by atoms with Gasteiger partial charge in [0.1, 0.15) is 12.1 Å². The highest BCUT2D eigenvalue weighted by molar-refractivity contribution is 6.06. The van der Waals surface area contributed by atoms with Crippen molar-refractivity contribution in [1.29, 1.82) is 0 Å². The molecule has 0 aliphatic rings. The highest BCUT2D eigenvalue weighted by atomic mass is 16.5. The number of hydrogen-bond donors (Lipinski definition) is 1. The normalized spacial score (nSPS) is 10.4. The molecule has 1 heterocycles. The van der Waals surface area contributed by atoms with Gasteiger partial charge in [-0.15, -0.1) is 0 Å². The molecule has 0 aliphatic heterocycles. The predicted molar refractivity (Wildman–Crippen MR) is 86.7 cm³/mol. The van der Waals surface area contributed by atoms with Crippen molar-refractivity contribution in [2.45, 2.75) is 0 Å². The fourth-order valence-corrected chi connectivity index (χ4v) is 2.43. The number of carbonyl (C=O) groups excluding carboxylic acids is 1. The van der Waals surface area contributed by atoms with Crippen molar-refractivity contribution in [3.05, 3.63) is 48.3 Å². The second-order valence-electron chi connectivity index (χ2n) is 4.90. The Labute approximate surface area is 137 Å². The molecule has 1 N–H and O–H groups in total. The fraction of sp³-hybridized carbons (Fsp3) is 0.118. The number of ether oxygens (including phenoxy) is 2. The zero-order valence-electron chi connectivity index (χ0n) is 13.1. The van der Waals surface area contributed by atoms with Crippen molar-refractivity contribution >= 4 is 28.4 Å². The Morgan fingerprint density at radius 3 is 2.58 bits per heavy atom. The van der Waals surface area contributed by atoms with Crippen molar-refractivity contribution in [2.24, 2.45) is 0 Å². The lowest BCUT2D eigenvalue weighted by Crippen LogP contribution is -2.22. The van der Waals surface area contributed by atoms with Crippen LogP contribution in [0.1, 0.15) is 10.4 Å². The molecule has 7 nitrogen and oxygen atoms in total. The number of nitrogens with one attached hydrogen (secondary N) is 1. The first-order chi connectivity index (χ1) is 11.6. The van der Waals surface area contributed by atoms with Gasteiger partial charge in [0.25, 0.3) is 0 Å².